The molecule has 6 nitrogen and oxygen atoms in total. The zero-order chi connectivity index (χ0) is 14.1. The molecule has 2 saturated heterocycles. The fourth-order valence-electron chi connectivity index (χ4n) is 2.81. The molecule has 2 aliphatic rings. The molecule has 1 aromatic heterocycles. The first-order valence-corrected chi connectivity index (χ1v) is 6.88. The van der Waals surface area contributed by atoms with Gasteiger partial charge in [-0.05, 0) is 19.1 Å². The zero-order valence-corrected chi connectivity index (χ0v) is 11.5. The van der Waals surface area contributed by atoms with Gasteiger partial charge < -0.3 is 10.2 Å². The molecule has 3 heterocycles. The van der Waals surface area contributed by atoms with Gasteiger partial charge in [-0.3, -0.25) is 19.5 Å². The molecule has 0 aliphatic carbocycles. The summed E-state index contributed by atoms with van der Waals surface area (Å²) in [4.78, 5) is 32.3. The fraction of sp³-hybridized carbons (Fsp3) is 0.500. The smallest absolute Gasteiger partial charge is 0.245 e. The zero-order valence-electron chi connectivity index (χ0n) is 11.5. The van der Waals surface area contributed by atoms with Crippen LogP contribution in [-0.4, -0.2) is 58.3 Å². The van der Waals surface area contributed by atoms with Crippen LogP contribution in [0, 0.1) is 0 Å². The minimum Gasteiger partial charge on any atom is -0.343 e. The van der Waals surface area contributed by atoms with Crippen LogP contribution in [0.5, 0.6) is 0 Å². The second-order valence-corrected chi connectivity index (χ2v) is 5.33. The van der Waals surface area contributed by atoms with Crippen LogP contribution in [0.25, 0.3) is 0 Å². The van der Waals surface area contributed by atoms with E-state index in [1.54, 1.807) is 18.0 Å². The van der Waals surface area contributed by atoms with E-state index in [0.29, 0.717) is 19.6 Å². The number of fused-ring (bicyclic) bond motifs is 1. The Hall–Kier alpha value is -1.95. The standard InChI is InChI=1S/C14H18N4O2/c1-10-14(20)18-7-6-17(9-12(18)13(19)16-10)8-11-4-2-3-5-15-11/h2-5,10,12H,6-9H2,1H3,(H,16,19)/t10-,12+/m0/s1. The molecular weight excluding hydrogens is 256 g/mol. The highest BCUT2D eigenvalue weighted by atomic mass is 16.2. The molecule has 106 valence electrons. The average Bonchev–Trinajstić information content (AvgIpc) is 2.46. The predicted octanol–water partition coefficient (Wildman–Crippen LogP) is -0.387. The van der Waals surface area contributed by atoms with Gasteiger partial charge in [0.2, 0.25) is 11.8 Å². The van der Waals surface area contributed by atoms with Crippen molar-refractivity contribution < 1.29 is 9.59 Å². The lowest BCUT2D eigenvalue weighted by Crippen LogP contribution is -2.68. The van der Waals surface area contributed by atoms with Crippen LogP contribution in [0.1, 0.15) is 12.6 Å². The Morgan fingerprint density at radius 1 is 1.35 bits per heavy atom. The lowest BCUT2D eigenvalue weighted by molar-refractivity contribution is -0.152. The number of carbonyl (C=O) groups is 2. The van der Waals surface area contributed by atoms with Gasteiger partial charge in [0.25, 0.3) is 0 Å². The summed E-state index contributed by atoms with van der Waals surface area (Å²) in [6, 6.07) is 5.05. The average molecular weight is 274 g/mol. The third kappa shape index (κ3) is 2.38. The summed E-state index contributed by atoms with van der Waals surface area (Å²) in [5.74, 6) is -0.0325. The SMILES string of the molecule is C[C@@H]1NC(=O)[C@H]2CN(Cc3ccccn3)CCN2C1=O. The van der Waals surface area contributed by atoms with Crippen molar-refractivity contribution in [2.24, 2.45) is 0 Å². The normalized spacial score (nSPS) is 27.1. The van der Waals surface area contributed by atoms with E-state index >= 15 is 0 Å². The lowest BCUT2D eigenvalue weighted by atomic mass is 10.0. The van der Waals surface area contributed by atoms with E-state index in [1.807, 2.05) is 18.2 Å². The summed E-state index contributed by atoms with van der Waals surface area (Å²) in [5.41, 5.74) is 0.983. The van der Waals surface area contributed by atoms with Crippen LogP contribution in [0.15, 0.2) is 24.4 Å². The molecule has 0 radical (unpaired) electrons. The van der Waals surface area contributed by atoms with E-state index in [2.05, 4.69) is 15.2 Å². The van der Waals surface area contributed by atoms with Crippen LogP contribution in [0.2, 0.25) is 0 Å². The van der Waals surface area contributed by atoms with Crippen molar-refractivity contribution >= 4 is 11.8 Å². The largest absolute Gasteiger partial charge is 0.343 e. The van der Waals surface area contributed by atoms with E-state index < -0.39 is 6.04 Å². The topological polar surface area (TPSA) is 65.5 Å². The Kier molecular flexibility index (Phi) is 3.40. The van der Waals surface area contributed by atoms with Crippen LogP contribution in [-0.2, 0) is 16.1 Å². The molecule has 1 aromatic rings. The quantitative estimate of drug-likeness (QED) is 0.798. The van der Waals surface area contributed by atoms with Crippen LogP contribution >= 0.6 is 0 Å². The third-order valence-corrected chi connectivity index (χ3v) is 3.89. The molecule has 1 N–H and O–H groups in total. The van der Waals surface area contributed by atoms with Crippen molar-refractivity contribution in [3.63, 3.8) is 0 Å². The summed E-state index contributed by atoms with van der Waals surface area (Å²) < 4.78 is 0. The molecule has 6 heteroatoms. The summed E-state index contributed by atoms with van der Waals surface area (Å²) in [6.45, 7) is 4.40. The minimum absolute atomic E-state index is 0.0205. The Balaban J connectivity index is 1.69. The van der Waals surface area contributed by atoms with Crippen molar-refractivity contribution in [2.75, 3.05) is 19.6 Å². The minimum atomic E-state index is -0.402. The Labute approximate surface area is 117 Å². The molecule has 0 spiro atoms. The number of hydrogen-bond donors (Lipinski definition) is 1. The molecular formula is C14H18N4O2. The first-order valence-electron chi connectivity index (χ1n) is 6.88. The predicted molar refractivity (Wildman–Crippen MR) is 72.6 cm³/mol. The maximum atomic E-state index is 12.1. The first kappa shape index (κ1) is 13.1. The van der Waals surface area contributed by atoms with Gasteiger partial charge in [-0.15, -0.1) is 0 Å². The van der Waals surface area contributed by atoms with Crippen molar-refractivity contribution in [3.8, 4) is 0 Å². The number of piperazine rings is 2. The van der Waals surface area contributed by atoms with Crippen molar-refractivity contribution in [1.29, 1.82) is 0 Å². The number of pyridine rings is 1. The van der Waals surface area contributed by atoms with Crippen molar-refractivity contribution in [3.05, 3.63) is 30.1 Å². The Morgan fingerprint density at radius 2 is 2.20 bits per heavy atom. The van der Waals surface area contributed by atoms with Crippen LogP contribution < -0.4 is 5.32 Å². The molecule has 0 bridgehead atoms. The number of nitrogens with one attached hydrogen (secondary N) is 1. The van der Waals surface area contributed by atoms with Crippen molar-refractivity contribution in [1.82, 2.24) is 20.1 Å². The van der Waals surface area contributed by atoms with Gasteiger partial charge in [-0.2, -0.15) is 0 Å². The summed E-state index contributed by atoms with van der Waals surface area (Å²) >= 11 is 0. The second kappa shape index (κ2) is 5.20. The number of carbonyl (C=O) groups excluding carboxylic acids is 2. The van der Waals surface area contributed by atoms with E-state index in [4.69, 9.17) is 0 Å². The summed E-state index contributed by atoms with van der Waals surface area (Å²) in [7, 11) is 0. The number of nitrogens with zero attached hydrogens (tertiary/aromatic N) is 3. The molecule has 0 unspecified atom stereocenters. The molecule has 3 rings (SSSR count). The highest BCUT2D eigenvalue weighted by Gasteiger charge is 2.41. The molecule has 2 amide bonds. The summed E-state index contributed by atoms with van der Waals surface area (Å²) in [6.07, 6.45) is 1.77. The number of aromatic nitrogens is 1. The number of rotatable bonds is 2. The molecule has 2 atom stereocenters. The first-order chi connectivity index (χ1) is 9.65. The molecule has 0 aromatic carbocycles. The maximum Gasteiger partial charge on any atom is 0.245 e. The highest BCUT2D eigenvalue weighted by molar-refractivity contribution is 5.97. The second-order valence-electron chi connectivity index (χ2n) is 5.33. The molecule has 0 saturated carbocycles. The van der Waals surface area contributed by atoms with Crippen LogP contribution in [0.4, 0.5) is 0 Å². The summed E-state index contributed by atoms with van der Waals surface area (Å²) in [5, 5.41) is 2.74. The monoisotopic (exact) mass is 274 g/mol. The molecule has 2 fully saturated rings. The fourth-order valence-corrected chi connectivity index (χ4v) is 2.81. The lowest BCUT2D eigenvalue weighted by Gasteiger charge is -2.44. The molecule has 2 aliphatic heterocycles. The Morgan fingerprint density at radius 3 is 2.95 bits per heavy atom. The maximum absolute atomic E-state index is 12.1. The number of amides is 2. The van der Waals surface area contributed by atoms with E-state index in [0.717, 1.165) is 12.2 Å². The van der Waals surface area contributed by atoms with Gasteiger partial charge >= 0.3 is 0 Å². The van der Waals surface area contributed by atoms with E-state index in [9.17, 15) is 9.59 Å². The van der Waals surface area contributed by atoms with Gasteiger partial charge in [-0.25, -0.2) is 0 Å². The van der Waals surface area contributed by atoms with Gasteiger partial charge in [-0.1, -0.05) is 6.07 Å². The van der Waals surface area contributed by atoms with E-state index in [1.165, 1.54) is 0 Å². The third-order valence-electron chi connectivity index (χ3n) is 3.89. The van der Waals surface area contributed by atoms with Crippen molar-refractivity contribution in [2.45, 2.75) is 25.6 Å². The van der Waals surface area contributed by atoms with Gasteiger partial charge in [0.15, 0.2) is 0 Å². The van der Waals surface area contributed by atoms with Gasteiger partial charge in [0.1, 0.15) is 12.1 Å². The van der Waals surface area contributed by atoms with Gasteiger partial charge in [0, 0.05) is 32.4 Å². The number of hydrogen-bond acceptors (Lipinski definition) is 4. The van der Waals surface area contributed by atoms with E-state index in [-0.39, 0.29) is 17.9 Å². The highest BCUT2D eigenvalue weighted by Crippen LogP contribution is 2.17. The van der Waals surface area contributed by atoms with Crippen LogP contribution in [0.3, 0.4) is 0 Å². The van der Waals surface area contributed by atoms with Gasteiger partial charge in [0.05, 0.1) is 5.69 Å². The Bertz CT molecular complexity index is 519. The molecule has 20 heavy (non-hydrogen) atoms.